The van der Waals surface area contributed by atoms with Gasteiger partial charge in [0.05, 0.1) is 6.54 Å². The molecular weight excluding hydrogens is 397 g/mol. The average molecular weight is 417 g/mol. The molecule has 0 aliphatic carbocycles. The number of carbonyl (C=O) groups is 1. The van der Waals surface area contributed by atoms with Crippen LogP contribution in [-0.4, -0.2) is 36.7 Å². The Balaban J connectivity index is 1.34. The van der Waals surface area contributed by atoms with Gasteiger partial charge in [0.1, 0.15) is 24.1 Å². The normalized spacial score (nSPS) is 13.4. The molecule has 2 aromatic carbocycles. The van der Waals surface area contributed by atoms with E-state index in [2.05, 4.69) is 16.1 Å². The van der Waals surface area contributed by atoms with Gasteiger partial charge in [-0.3, -0.25) is 18.8 Å². The van der Waals surface area contributed by atoms with Gasteiger partial charge in [0.15, 0.2) is 5.65 Å². The highest BCUT2D eigenvalue weighted by atomic mass is 19.1. The molecule has 2 aromatic heterocycles. The van der Waals surface area contributed by atoms with Crippen molar-refractivity contribution in [3.8, 4) is 0 Å². The van der Waals surface area contributed by atoms with Crippen molar-refractivity contribution in [3.63, 3.8) is 0 Å². The van der Waals surface area contributed by atoms with E-state index < -0.39 is 0 Å². The number of aromatic nitrogens is 4. The van der Waals surface area contributed by atoms with Gasteiger partial charge in [0, 0.05) is 19.3 Å². The van der Waals surface area contributed by atoms with Gasteiger partial charge in [-0.05, 0) is 35.2 Å². The molecule has 0 atom stereocenters. The van der Waals surface area contributed by atoms with Gasteiger partial charge in [0.25, 0.3) is 5.56 Å². The zero-order chi connectivity index (χ0) is 21.4. The Kier molecular flexibility index (Phi) is 4.82. The van der Waals surface area contributed by atoms with E-state index in [0.717, 1.165) is 17.5 Å². The van der Waals surface area contributed by atoms with Crippen LogP contribution in [0, 0.1) is 5.82 Å². The lowest BCUT2D eigenvalue weighted by molar-refractivity contribution is -0.132. The highest BCUT2D eigenvalue weighted by Crippen LogP contribution is 2.19. The van der Waals surface area contributed by atoms with Crippen LogP contribution in [0.4, 0.5) is 4.39 Å². The highest BCUT2D eigenvalue weighted by Gasteiger charge is 2.21. The molecule has 7 nitrogen and oxygen atoms in total. The summed E-state index contributed by atoms with van der Waals surface area (Å²) in [5.74, 6) is -0.373. The van der Waals surface area contributed by atoms with Crippen molar-refractivity contribution in [2.75, 3.05) is 6.54 Å². The van der Waals surface area contributed by atoms with E-state index in [1.165, 1.54) is 33.3 Å². The van der Waals surface area contributed by atoms with Gasteiger partial charge < -0.3 is 4.90 Å². The third kappa shape index (κ3) is 3.84. The fourth-order valence-electron chi connectivity index (χ4n) is 3.92. The van der Waals surface area contributed by atoms with E-state index in [-0.39, 0.29) is 30.4 Å². The predicted molar refractivity (Wildman–Crippen MR) is 113 cm³/mol. The van der Waals surface area contributed by atoms with Crippen LogP contribution in [0.5, 0.6) is 0 Å². The van der Waals surface area contributed by atoms with Crippen molar-refractivity contribution in [1.29, 1.82) is 0 Å². The number of fused-ring (bicyclic) bond motifs is 2. The Bertz CT molecular complexity index is 1330. The van der Waals surface area contributed by atoms with E-state index in [9.17, 15) is 14.0 Å². The molecule has 1 aliphatic heterocycles. The standard InChI is InChI=1S/C23H20FN5O2/c24-19-7-5-16(6-8-19)11-28-15-25-22-20(23(28)31)13-29(26-22)14-21(30)27-10-9-17-3-1-2-4-18(17)12-27/h1-8,13,15H,9-12,14H2. The Morgan fingerprint density at radius 1 is 1.06 bits per heavy atom. The van der Waals surface area contributed by atoms with Crippen LogP contribution in [-0.2, 0) is 30.8 Å². The fraction of sp³-hybridized carbons (Fsp3) is 0.217. The largest absolute Gasteiger partial charge is 0.336 e. The lowest BCUT2D eigenvalue weighted by Gasteiger charge is -2.28. The molecule has 0 spiro atoms. The zero-order valence-corrected chi connectivity index (χ0v) is 16.7. The summed E-state index contributed by atoms with van der Waals surface area (Å²) in [6.45, 7) is 1.58. The first-order chi connectivity index (χ1) is 15.1. The summed E-state index contributed by atoms with van der Waals surface area (Å²) < 4.78 is 16.0. The van der Waals surface area contributed by atoms with E-state index >= 15 is 0 Å². The lowest BCUT2D eigenvalue weighted by Crippen LogP contribution is -2.38. The van der Waals surface area contributed by atoms with Gasteiger partial charge in [-0.1, -0.05) is 36.4 Å². The summed E-state index contributed by atoms with van der Waals surface area (Å²) in [4.78, 5) is 31.7. The number of carbonyl (C=O) groups excluding carboxylic acids is 1. The molecule has 31 heavy (non-hydrogen) atoms. The predicted octanol–water partition coefficient (Wildman–Crippen LogP) is 2.37. The molecule has 0 bridgehead atoms. The van der Waals surface area contributed by atoms with Crippen molar-refractivity contribution in [1.82, 2.24) is 24.2 Å². The molecule has 0 saturated heterocycles. The summed E-state index contributed by atoms with van der Waals surface area (Å²) in [5.41, 5.74) is 3.29. The summed E-state index contributed by atoms with van der Waals surface area (Å²) in [5, 5.41) is 4.66. The Morgan fingerprint density at radius 3 is 2.65 bits per heavy atom. The minimum absolute atomic E-state index is 0.0473. The molecule has 0 N–H and O–H groups in total. The lowest BCUT2D eigenvalue weighted by atomic mass is 10.00. The van der Waals surface area contributed by atoms with Gasteiger partial charge in [-0.15, -0.1) is 0 Å². The SMILES string of the molecule is O=C(Cn1cc2c(=O)n(Cc3ccc(F)cc3)cnc2n1)N1CCc2ccccc2C1. The first kappa shape index (κ1) is 19.2. The molecule has 4 aromatic rings. The van der Waals surface area contributed by atoms with E-state index in [4.69, 9.17) is 0 Å². The van der Waals surface area contributed by atoms with Gasteiger partial charge in [0.2, 0.25) is 5.91 Å². The first-order valence-corrected chi connectivity index (χ1v) is 10.1. The topological polar surface area (TPSA) is 73.0 Å². The second kappa shape index (κ2) is 7.79. The minimum atomic E-state index is -0.326. The van der Waals surface area contributed by atoms with Crippen molar-refractivity contribution in [2.24, 2.45) is 0 Å². The summed E-state index contributed by atoms with van der Waals surface area (Å²) >= 11 is 0. The van der Waals surface area contributed by atoms with Crippen LogP contribution >= 0.6 is 0 Å². The number of hydrogen-bond acceptors (Lipinski definition) is 4. The number of amides is 1. The Labute approximate surface area is 177 Å². The first-order valence-electron chi connectivity index (χ1n) is 10.1. The number of nitrogens with zero attached hydrogens (tertiary/aromatic N) is 5. The average Bonchev–Trinajstić information content (AvgIpc) is 3.20. The second-order valence-corrected chi connectivity index (χ2v) is 7.70. The van der Waals surface area contributed by atoms with Crippen molar-refractivity contribution < 1.29 is 9.18 Å². The third-order valence-corrected chi connectivity index (χ3v) is 5.60. The van der Waals surface area contributed by atoms with Crippen LogP contribution in [0.2, 0.25) is 0 Å². The molecule has 8 heteroatoms. The van der Waals surface area contributed by atoms with Crippen LogP contribution in [0.25, 0.3) is 11.0 Å². The minimum Gasteiger partial charge on any atom is -0.336 e. The number of halogens is 1. The molecule has 5 rings (SSSR count). The van der Waals surface area contributed by atoms with Crippen molar-refractivity contribution >= 4 is 16.9 Å². The van der Waals surface area contributed by atoms with Crippen molar-refractivity contribution in [2.45, 2.75) is 26.1 Å². The Hall–Kier alpha value is -3.81. The van der Waals surface area contributed by atoms with Gasteiger partial charge >= 0.3 is 0 Å². The molecule has 1 aliphatic rings. The van der Waals surface area contributed by atoms with E-state index in [1.807, 2.05) is 23.1 Å². The van der Waals surface area contributed by atoms with E-state index in [1.54, 1.807) is 18.3 Å². The highest BCUT2D eigenvalue weighted by molar-refractivity contribution is 5.78. The maximum Gasteiger partial charge on any atom is 0.264 e. The van der Waals surface area contributed by atoms with Crippen molar-refractivity contribution in [3.05, 3.63) is 93.9 Å². The number of hydrogen-bond donors (Lipinski definition) is 0. The van der Waals surface area contributed by atoms with Crippen LogP contribution < -0.4 is 5.56 Å². The molecule has 156 valence electrons. The smallest absolute Gasteiger partial charge is 0.264 e. The summed E-state index contributed by atoms with van der Waals surface area (Å²) in [6.07, 6.45) is 3.83. The molecule has 1 amide bonds. The monoisotopic (exact) mass is 417 g/mol. The van der Waals surface area contributed by atoms with Gasteiger partial charge in [-0.2, -0.15) is 5.10 Å². The third-order valence-electron chi connectivity index (χ3n) is 5.60. The second-order valence-electron chi connectivity index (χ2n) is 7.70. The number of rotatable bonds is 4. The maximum atomic E-state index is 13.1. The summed E-state index contributed by atoms with van der Waals surface area (Å²) in [7, 11) is 0. The van der Waals surface area contributed by atoms with Crippen LogP contribution in [0.1, 0.15) is 16.7 Å². The fourth-order valence-corrected chi connectivity index (χ4v) is 3.92. The quantitative estimate of drug-likeness (QED) is 0.511. The molecule has 0 fully saturated rings. The molecular formula is C23H20FN5O2. The van der Waals surface area contributed by atoms with Crippen LogP contribution in [0.3, 0.4) is 0 Å². The molecule has 0 saturated carbocycles. The van der Waals surface area contributed by atoms with Crippen LogP contribution in [0.15, 0.2) is 65.8 Å². The zero-order valence-electron chi connectivity index (χ0n) is 16.7. The molecule has 0 unspecified atom stereocenters. The van der Waals surface area contributed by atoms with E-state index in [0.29, 0.717) is 24.1 Å². The number of benzene rings is 2. The molecule has 0 radical (unpaired) electrons. The summed E-state index contributed by atoms with van der Waals surface area (Å²) in [6, 6.07) is 14.1. The maximum absolute atomic E-state index is 13.1. The Morgan fingerprint density at radius 2 is 1.84 bits per heavy atom. The molecule has 3 heterocycles. The van der Waals surface area contributed by atoms with Gasteiger partial charge in [-0.25, -0.2) is 9.37 Å².